The molecule has 1 aromatic rings. The Labute approximate surface area is 198 Å². The predicted octanol–water partition coefficient (Wildman–Crippen LogP) is -0.683. The normalized spacial score (nSPS) is 26.0. The van der Waals surface area contributed by atoms with Crippen molar-refractivity contribution in [2.75, 3.05) is 7.11 Å². The van der Waals surface area contributed by atoms with Crippen molar-refractivity contribution in [1.29, 1.82) is 0 Å². The van der Waals surface area contributed by atoms with Crippen molar-refractivity contribution >= 4 is 52.7 Å². The van der Waals surface area contributed by atoms with Gasteiger partial charge in [-0.15, -0.1) is 11.8 Å². The number of hydrogen-bond donors (Lipinski definition) is 2. The first-order valence-electron chi connectivity index (χ1n) is 8.09. The Morgan fingerprint density at radius 2 is 1.96 bits per heavy atom. The molecule has 1 unspecified atom stereocenters. The third-order valence-electron chi connectivity index (χ3n) is 4.69. The number of thioether (sulfide) groups is 1. The zero-order chi connectivity index (χ0) is 20.1. The minimum absolute atomic E-state index is 0. The quantitative estimate of drug-likeness (QED) is 0.451. The summed E-state index contributed by atoms with van der Waals surface area (Å²) in [6, 6.07) is 2.97. The number of carbonyl (C=O) groups excluding carboxylic acids is 2. The number of benzene rings is 1. The number of aliphatic carboxylic acids is 1. The van der Waals surface area contributed by atoms with E-state index in [1.807, 2.05) is 0 Å². The molecule has 0 bridgehead atoms. The van der Waals surface area contributed by atoms with Crippen molar-refractivity contribution < 1.29 is 53.8 Å². The number of carboxylic acids is 1. The van der Waals surface area contributed by atoms with Crippen LogP contribution < -0.4 is 34.9 Å². The first-order valence-corrected chi connectivity index (χ1v) is 9.73. The average molecular weight is 456 g/mol. The summed E-state index contributed by atoms with van der Waals surface area (Å²) in [7, 11) is 1.37. The molecule has 11 heteroatoms. The van der Waals surface area contributed by atoms with Gasteiger partial charge in [-0.1, -0.05) is 29.3 Å². The Kier molecular flexibility index (Phi) is 7.41. The van der Waals surface area contributed by atoms with Gasteiger partial charge in [0, 0.05) is 11.9 Å². The van der Waals surface area contributed by atoms with Gasteiger partial charge in [0.05, 0.1) is 10.0 Å². The van der Waals surface area contributed by atoms with Gasteiger partial charge in [-0.3, -0.25) is 9.59 Å². The Morgan fingerprint density at radius 3 is 2.50 bits per heavy atom. The largest absolute Gasteiger partial charge is 1.00 e. The minimum Gasteiger partial charge on any atom is -0.480 e. The van der Waals surface area contributed by atoms with Crippen molar-refractivity contribution in [1.82, 2.24) is 10.2 Å². The maximum Gasteiger partial charge on any atom is 1.00 e. The molecular formula is C17H18Cl2N2NaO5S+. The molecule has 0 saturated carbocycles. The third kappa shape index (κ3) is 4.05. The standard InChI is InChI=1S/C17H18Cl2N2O5S.Na/c1-17(2)12(16(24)25)21-14(23)10(15(21)27-17)20-13(22)11(26-3)7-4-5-8(18)9(19)6-7;/h4-6,10-12,15H,1-3H3,(H,20,22)(H,24,25);/q;+1/t10-,11?,12+,15-;/m1./s1. The van der Waals surface area contributed by atoms with Crippen LogP contribution in [0.15, 0.2) is 18.2 Å². The van der Waals surface area contributed by atoms with Gasteiger partial charge in [0.2, 0.25) is 5.91 Å². The summed E-state index contributed by atoms with van der Waals surface area (Å²) in [5, 5.41) is 12.3. The van der Waals surface area contributed by atoms with E-state index in [-0.39, 0.29) is 34.6 Å². The summed E-state index contributed by atoms with van der Waals surface area (Å²) in [5.41, 5.74) is 0.496. The number of nitrogens with one attached hydrogen (secondary N) is 1. The molecule has 2 amide bonds. The maximum absolute atomic E-state index is 12.7. The van der Waals surface area contributed by atoms with Gasteiger partial charge < -0.3 is 20.1 Å². The van der Waals surface area contributed by atoms with Crippen molar-refractivity contribution in [3.05, 3.63) is 33.8 Å². The molecule has 2 heterocycles. The number of methoxy groups -OCH3 is 1. The average Bonchev–Trinajstić information content (AvgIpc) is 2.84. The summed E-state index contributed by atoms with van der Waals surface area (Å²) in [6.07, 6.45) is -0.976. The number of ether oxygens (including phenoxy) is 1. The molecule has 2 aliphatic rings. The fourth-order valence-corrected chi connectivity index (χ4v) is 5.38. The molecule has 2 fully saturated rings. The van der Waals surface area contributed by atoms with Crippen LogP contribution in [0.5, 0.6) is 0 Å². The Bertz CT molecular complexity index is 825. The second-order valence-electron chi connectivity index (χ2n) is 6.87. The SMILES string of the molecule is COC(C(=O)N[C@@H]1C(=O)N2[C@@H]1SC(C)(C)[C@@H]2C(=O)O)c1ccc(Cl)c(Cl)c1.[Na+]. The van der Waals surface area contributed by atoms with Crippen molar-refractivity contribution in [2.24, 2.45) is 0 Å². The molecule has 0 aliphatic carbocycles. The van der Waals surface area contributed by atoms with Crippen LogP contribution in [0.1, 0.15) is 25.5 Å². The zero-order valence-corrected chi connectivity index (χ0v) is 20.1. The number of rotatable bonds is 5. The van der Waals surface area contributed by atoms with E-state index in [0.29, 0.717) is 10.6 Å². The first kappa shape index (κ1) is 23.8. The van der Waals surface area contributed by atoms with Gasteiger partial charge in [0.15, 0.2) is 6.10 Å². The Hall–Kier alpha value is -0.480. The molecule has 3 rings (SSSR count). The molecule has 7 nitrogen and oxygen atoms in total. The summed E-state index contributed by atoms with van der Waals surface area (Å²) in [4.78, 5) is 38.0. The number of carboxylic acid groups (broad SMARTS) is 1. The van der Waals surface area contributed by atoms with E-state index in [9.17, 15) is 19.5 Å². The van der Waals surface area contributed by atoms with E-state index < -0.39 is 46.1 Å². The molecule has 4 atom stereocenters. The summed E-state index contributed by atoms with van der Waals surface area (Å²) in [6.45, 7) is 3.54. The molecule has 0 radical (unpaired) electrons. The summed E-state index contributed by atoms with van der Waals surface area (Å²) < 4.78 is 4.61. The number of fused-ring (bicyclic) bond motifs is 1. The predicted molar refractivity (Wildman–Crippen MR) is 102 cm³/mol. The molecule has 0 spiro atoms. The van der Waals surface area contributed by atoms with Crippen LogP contribution in [0.4, 0.5) is 0 Å². The van der Waals surface area contributed by atoms with Gasteiger partial charge in [-0.2, -0.15) is 0 Å². The Balaban J connectivity index is 0.00000280. The smallest absolute Gasteiger partial charge is 0.480 e. The fraction of sp³-hybridized carbons (Fsp3) is 0.471. The number of amides is 2. The van der Waals surface area contributed by atoms with E-state index in [1.165, 1.54) is 29.8 Å². The van der Waals surface area contributed by atoms with Gasteiger partial charge in [0.25, 0.3) is 5.91 Å². The molecule has 146 valence electrons. The van der Waals surface area contributed by atoms with Gasteiger partial charge in [-0.25, -0.2) is 4.79 Å². The van der Waals surface area contributed by atoms with E-state index in [0.717, 1.165) is 0 Å². The van der Waals surface area contributed by atoms with Crippen LogP contribution >= 0.6 is 35.0 Å². The van der Waals surface area contributed by atoms with Crippen LogP contribution in [0.25, 0.3) is 0 Å². The van der Waals surface area contributed by atoms with Gasteiger partial charge in [0.1, 0.15) is 17.5 Å². The van der Waals surface area contributed by atoms with Crippen molar-refractivity contribution in [2.45, 2.75) is 42.2 Å². The monoisotopic (exact) mass is 455 g/mol. The third-order valence-corrected chi connectivity index (χ3v) is 7.00. The van der Waals surface area contributed by atoms with Crippen LogP contribution in [0, 0.1) is 0 Å². The summed E-state index contributed by atoms with van der Waals surface area (Å²) in [5.74, 6) is -1.98. The number of β-lactam (4-membered cyclic amide) rings is 1. The van der Waals surface area contributed by atoms with E-state index in [2.05, 4.69) is 5.32 Å². The molecule has 0 aromatic heterocycles. The molecule has 2 aliphatic heterocycles. The van der Waals surface area contributed by atoms with Crippen LogP contribution in [0.3, 0.4) is 0 Å². The fourth-order valence-electron chi connectivity index (χ4n) is 3.44. The second-order valence-corrected chi connectivity index (χ2v) is 9.46. The molecular weight excluding hydrogens is 438 g/mol. The topological polar surface area (TPSA) is 95.9 Å². The van der Waals surface area contributed by atoms with Gasteiger partial charge >= 0.3 is 35.5 Å². The molecule has 28 heavy (non-hydrogen) atoms. The molecule has 2 saturated heterocycles. The Morgan fingerprint density at radius 1 is 1.32 bits per heavy atom. The van der Waals surface area contributed by atoms with Crippen molar-refractivity contribution in [3.8, 4) is 0 Å². The zero-order valence-electron chi connectivity index (χ0n) is 15.7. The van der Waals surface area contributed by atoms with Crippen molar-refractivity contribution in [3.63, 3.8) is 0 Å². The van der Waals surface area contributed by atoms with E-state index in [1.54, 1.807) is 26.0 Å². The summed E-state index contributed by atoms with van der Waals surface area (Å²) >= 11 is 13.3. The maximum atomic E-state index is 12.7. The number of carbonyl (C=O) groups is 3. The second kappa shape index (κ2) is 8.71. The number of halogens is 2. The van der Waals surface area contributed by atoms with Crippen LogP contribution in [-0.4, -0.2) is 57.1 Å². The van der Waals surface area contributed by atoms with E-state index in [4.69, 9.17) is 27.9 Å². The first-order chi connectivity index (χ1) is 12.6. The molecule has 2 N–H and O–H groups in total. The minimum atomic E-state index is -1.06. The number of nitrogens with zero attached hydrogens (tertiary/aromatic N) is 1. The number of hydrogen-bond acceptors (Lipinski definition) is 5. The van der Waals surface area contributed by atoms with E-state index >= 15 is 0 Å². The van der Waals surface area contributed by atoms with Gasteiger partial charge in [-0.05, 0) is 31.5 Å². The van der Waals surface area contributed by atoms with Crippen LogP contribution in [0.2, 0.25) is 10.0 Å². The van der Waals surface area contributed by atoms with Crippen LogP contribution in [-0.2, 0) is 19.1 Å². The molecule has 1 aromatic carbocycles.